The number of hydrogen-bond acceptors (Lipinski definition) is 3. The molecule has 8 heteroatoms. The van der Waals surface area contributed by atoms with E-state index in [0.717, 1.165) is 42.8 Å². The van der Waals surface area contributed by atoms with Crippen molar-refractivity contribution >= 4 is 14.0 Å². The quantitative estimate of drug-likeness (QED) is 0.546. The maximum Gasteiger partial charge on any atom is 0.280 e. The van der Waals surface area contributed by atoms with Gasteiger partial charge in [0.15, 0.2) is 0 Å². The largest absolute Gasteiger partial charge is 0.365 e. The van der Waals surface area contributed by atoms with Gasteiger partial charge in [0.25, 0.3) is 12.3 Å². The van der Waals surface area contributed by atoms with Crippen LogP contribution in [0, 0.1) is 0 Å². The summed E-state index contributed by atoms with van der Waals surface area (Å²) in [7, 11) is -1.26. The number of ether oxygens (including phenoxy) is 1. The number of aromatic nitrogens is 2. The molecule has 1 aromatic rings. The lowest BCUT2D eigenvalue weighted by molar-refractivity contribution is 0.0612. The molecule has 0 aliphatic heterocycles. The van der Waals surface area contributed by atoms with Crippen LogP contribution in [0.2, 0.25) is 25.7 Å². The van der Waals surface area contributed by atoms with E-state index < -0.39 is 26.1 Å². The van der Waals surface area contributed by atoms with Crippen molar-refractivity contribution in [3.05, 3.63) is 17.0 Å². The number of hydrogen-bond donors (Lipinski definition) is 1. The molecule has 1 aromatic heterocycles. The molecule has 0 aromatic carbocycles. The van der Waals surface area contributed by atoms with Gasteiger partial charge in [-0.25, -0.2) is 13.5 Å². The molecule has 2 N–H and O–H groups in total. The van der Waals surface area contributed by atoms with Gasteiger partial charge in [-0.1, -0.05) is 38.9 Å². The number of alkyl halides is 2. The van der Waals surface area contributed by atoms with Crippen LogP contribution in [0.15, 0.2) is 0 Å². The number of carbonyl (C=O) groups is 1. The smallest absolute Gasteiger partial charge is 0.280 e. The molecule has 0 saturated heterocycles. The van der Waals surface area contributed by atoms with Gasteiger partial charge in [0.1, 0.15) is 12.4 Å². The van der Waals surface area contributed by atoms with Crippen LogP contribution < -0.4 is 5.73 Å². The molecule has 25 heavy (non-hydrogen) atoms. The van der Waals surface area contributed by atoms with Crippen molar-refractivity contribution in [2.24, 2.45) is 5.73 Å². The zero-order valence-corrected chi connectivity index (χ0v) is 16.4. The molecular weight excluding hydrogens is 344 g/mol. The highest BCUT2D eigenvalue weighted by molar-refractivity contribution is 6.76. The number of nitrogens with two attached hydrogens (primary N) is 1. The van der Waals surface area contributed by atoms with Gasteiger partial charge in [-0.15, -0.1) is 0 Å². The van der Waals surface area contributed by atoms with Gasteiger partial charge < -0.3 is 10.5 Å². The summed E-state index contributed by atoms with van der Waals surface area (Å²) in [5.41, 5.74) is 5.35. The Labute approximate surface area is 148 Å². The van der Waals surface area contributed by atoms with Crippen LogP contribution in [0.4, 0.5) is 8.78 Å². The topological polar surface area (TPSA) is 70.1 Å². The van der Waals surface area contributed by atoms with E-state index in [9.17, 15) is 13.6 Å². The maximum atomic E-state index is 13.6. The monoisotopic (exact) mass is 373 g/mol. The van der Waals surface area contributed by atoms with Gasteiger partial charge >= 0.3 is 0 Å². The lowest BCUT2D eigenvalue weighted by atomic mass is 9.85. The zero-order valence-electron chi connectivity index (χ0n) is 15.4. The molecule has 1 aliphatic carbocycles. The summed E-state index contributed by atoms with van der Waals surface area (Å²) >= 11 is 0. The second kappa shape index (κ2) is 8.40. The normalized spacial score (nSPS) is 16.6. The third-order valence-electron chi connectivity index (χ3n) is 4.67. The highest BCUT2D eigenvalue weighted by Gasteiger charge is 2.32. The highest BCUT2D eigenvalue weighted by Crippen LogP contribution is 2.37. The first-order chi connectivity index (χ1) is 11.7. The summed E-state index contributed by atoms with van der Waals surface area (Å²) < 4.78 is 33.9. The molecule has 0 radical (unpaired) electrons. The van der Waals surface area contributed by atoms with Crippen molar-refractivity contribution in [1.29, 1.82) is 0 Å². The molecule has 0 spiro atoms. The fourth-order valence-electron chi connectivity index (χ4n) is 3.26. The minimum Gasteiger partial charge on any atom is -0.365 e. The third kappa shape index (κ3) is 5.34. The molecule has 1 amide bonds. The summed E-state index contributed by atoms with van der Waals surface area (Å²) in [6.45, 7) is 7.10. The Morgan fingerprint density at radius 3 is 2.48 bits per heavy atom. The molecule has 1 fully saturated rings. The summed E-state index contributed by atoms with van der Waals surface area (Å²) in [5.74, 6) is -0.804. The predicted molar refractivity (Wildman–Crippen MR) is 95.6 cm³/mol. The fourth-order valence-corrected chi connectivity index (χ4v) is 4.01. The van der Waals surface area contributed by atoms with Crippen molar-refractivity contribution in [2.75, 3.05) is 6.61 Å². The van der Waals surface area contributed by atoms with Crippen molar-refractivity contribution < 1.29 is 18.3 Å². The summed E-state index contributed by atoms with van der Waals surface area (Å²) in [5, 5.41) is 4.33. The molecule has 1 saturated carbocycles. The molecule has 1 aliphatic rings. The average Bonchev–Trinajstić information content (AvgIpc) is 2.91. The van der Waals surface area contributed by atoms with E-state index in [1.807, 2.05) is 0 Å². The van der Waals surface area contributed by atoms with Gasteiger partial charge in [-0.3, -0.25) is 4.79 Å². The van der Waals surface area contributed by atoms with Crippen LogP contribution in [0.1, 0.15) is 66.2 Å². The number of halogens is 2. The predicted octanol–water partition coefficient (Wildman–Crippen LogP) is 4.28. The Morgan fingerprint density at radius 1 is 1.32 bits per heavy atom. The Hall–Kier alpha value is -1.28. The second-order valence-electron chi connectivity index (χ2n) is 7.99. The molecule has 5 nitrogen and oxygen atoms in total. The molecule has 1 heterocycles. The van der Waals surface area contributed by atoms with E-state index in [1.165, 1.54) is 0 Å². The lowest BCUT2D eigenvalue weighted by Crippen LogP contribution is -2.22. The minimum atomic E-state index is -2.81. The number of primary amides is 1. The van der Waals surface area contributed by atoms with Crippen LogP contribution in [-0.2, 0) is 11.5 Å². The van der Waals surface area contributed by atoms with E-state index in [2.05, 4.69) is 24.7 Å². The summed E-state index contributed by atoms with van der Waals surface area (Å²) in [6.07, 6.45) is 2.07. The van der Waals surface area contributed by atoms with Crippen LogP contribution in [-0.4, -0.2) is 30.4 Å². The number of amides is 1. The fraction of sp³-hybridized carbons (Fsp3) is 0.765. The SMILES string of the molecule is C[Si](C)(C)CCOCn1nc(C2CCCCC2)c(C(N)=O)c1C(F)F. The van der Waals surface area contributed by atoms with Gasteiger partial charge in [-0.2, -0.15) is 5.10 Å². The van der Waals surface area contributed by atoms with Crippen LogP contribution in [0.3, 0.4) is 0 Å². The van der Waals surface area contributed by atoms with E-state index in [1.54, 1.807) is 0 Å². The van der Waals surface area contributed by atoms with Crippen LogP contribution in [0.25, 0.3) is 0 Å². The van der Waals surface area contributed by atoms with Gasteiger partial charge in [-0.05, 0) is 18.9 Å². The molecule has 0 bridgehead atoms. The highest BCUT2D eigenvalue weighted by atomic mass is 28.3. The Morgan fingerprint density at radius 2 is 1.96 bits per heavy atom. The summed E-state index contributed by atoms with van der Waals surface area (Å²) in [6, 6.07) is 0.941. The first kappa shape index (κ1) is 20.0. The lowest BCUT2D eigenvalue weighted by Gasteiger charge is -2.20. The third-order valence-corrected chi connectivity index (χ3v) is 6.38. The van der Waals surface area contributed by atoms with Crippen molar-refractivity contribution in [3.8, 4) is 0 Å². The van der Waals surface area contributed by atoms with Gasteiger partial charge in [0.2, 0.25) is 0 Å². The van der Waals surface area contributed by atoms with E-state index >= 15 is 0 Å². The molecule has 0 atom stereocenters. The Balaban J connectivity index is 2.24. The first-order valence-electron chi connectivity index (χ1n) is 8.97. The Kier molecular flexibility index (Phi) is 6.73. The number of rotatable bonds is 8. The number of nitrogens with zero attached hydrogens (tertiary/aromatic N) is 2. The van der Waals surface area contributed by atoms with Gasteiger partial charge in [0.05, 0.1) is 11.3 Å². The molecule has 142 valence electrons. The zero-order chi connectivity index (χ0) is 18.6. The van der Waals surface area contributed by atoms with Crippen molar-refractivity contribution in [2.45, 2.75) is 76.9 Å². The number of carbonyl (C=O) groups excluding carboxylic acids is 1. The van der Waals surface area contributed by atoms with Crippen LogP contribution >= 0.6 is 0 Å². The second-order valence-corrected chi connectivity index (χ2v) is 13.6. The molecule has 0 unspecified atom stereocenters. The molecule has 2 rings (SSSR count). The van der Waals surface area contributed by atoms with Gasteiger partial charge in [0, 0.05) is 20.6 Å². The van der Waals surface area contributed by atoms with E-state index in [-0.39, 0.29) is 18.2 Å². The standard InChI is InChI=1S/C17H29F2N3O2Si/c1-25(2,3)10-9-24-11-22-15(16(18)19)13(17(20)23)14(21-22)12-7-5-4-6-8-12/h12,16H,4-11H2,1-3H3,(H2,20,23). The van der Waals surface area contributed by atoms with Crippen molar-refractivity contribution in [3.63, 3.8) is 0 Å². The Bertz CT molecular complexity index is 593. The van der Waals surface area contributed by atoms with E-state index in [4.69, 9.17) is 10.5 Å². The summed E-state index contributed by atoms with van der Waals surface area (Å²) in [4.78, 5) is 11.9. The van der Waals surface area contributed by atoms with Crippen LogP contribution in [0.5, 0.6) is 0 Å². The first-order valence-corrected chi connectivity index (χ1v) is 12.7. The maximum absolute atomic E-state index is 13.6. The average molecular weight is 374 g/mol. The van der Waals surface area contributed by atoms with Crippen molar-refractivity contribution in [1.82, 2.24) is 9.78 Å². The van der Waals surface area contributed by atoms with E-state index in [0.29, 0.717) is 12.3 Å². The molecular formula is C17H29F2N3O2Si. The minimum absolute atomic E-state index is 0.0250.